The third kappa shape index (κ3) is 2.70. The van der Waals surface area contributed by atoms with Gasteiger partial charge in [0.1, 0.15) is 5.82 Å². The maximum Gasteiger partial charge on any atom is 0.372 e. The van der Waals surface area contributed by atoms with Crippen molar-refractivity contribution >= 4 is 28.9 Å². The van der Waals surface area contributed by atoms with Crippen LogP contribution in [-0.2, 0) is 6.54 Å². The first-order valence-electron chi connectivity index (χ1n) is 6.74. The number of halogens is 2. The smallest absolute Gasteiger partial charge is 0.358 e. The predicted octanol–water partition coefficient (Wildman–Crippen LogP) is 3.67. The second-order valence-electron chi connectivity index (χ2n) is 5.00. The third-order valence-electron chi connectivity index (χ3n) is 3.48. The monoisotopic (exact) mass is 334 g/mol. The van der Waals surface area contributed by atoms with E-state index in [-0.39, 0.29) is 28.8 Å². The Kier molecular flexibility index (Phi) is 3.87. The molecular formula is C15H12ClFN4O2. The standard InChI is InChI=1S/C15H12ClFN4O2/c1-19(9-10-11(16)5-4-6-12(10)17)14-15(21(22)23)20-8-3-2-7-13(20)18-14/h2-8H,9H2,1H3. The average Bonchev–Trinajstić information content (AvgIpc) is 2.90. The van der Waals surface area contributed by atoms with E-state index in [1.807, 2.05) is 0 Å². The molecule has 3 aromatic rings. The number of aromatic nitrogens is 2. The number of hydrogen-bond donors (Lipinski definition) is 0. The normalized spacial score (nSPS) is 10.9. The summed E-state index contributed by atoms with van der Waals surface area (Å²) >= 11 is 6.02. The van der Waals surface area contributed by atoms with Crippen LogP contribution >= 0.6 is 11.6 Å². The molecule has 0 radical (unpaired) electrons. The molecule has 0 saturated carbocycles. The first-order chi connectivity index (χ1) is 11.0. The van der Waals surface area contributed by atoms with E-state index in [1.54, 1.807) is 37.5 Å². The van der Waals surface area contributed by atoms with Crippen molar-refractivity contribution in [3.63, 3.8) is 0 Å². The van der Waals surface area contributed by atoms with Crippen LogP contribution in [0.25, 0.3) is 5.65 Å². The topological polar surface area (TPSA) is 63.7 Å². The van der Waals surface area contributed by atoms with Crippen molar-refractivity contribution in [2.45, 2.75) is 6.54 Å². The van der Waals surface area contributed by atoms with Gasteiger partial charge in [-0.1, -0.05) is 23.7 Å². The second kappa shape index (κ2) is 5.85. The summed E-state index contributed by atoms with van der Waals surface area (Å²) in [6, 6.07) is 9.47. The summed E-state index contributed by atoms with van der Waals surface area (Å²) in [7, 11) is 1.61. The van der Waals surface area contributed by atoms with Gasteiger partial charge in [0, 0.05) is 30.2 Å². The number of fused-ring (bicyclic) bond motifs is 1. The molecule has 0 aliphatic rings. The van der Waals surface area contributed by atoms with Gasteiger partial charge in [-0.2, -0.15) is 9.38 Å². The maximum absolute atomic E-state index is 13.9. The lowest BCUT2D eigenvalue weighted by molar-refractivity contribution is -0.389. The molecule has 0 amide bonds. The SMILES string of the molecule is CN(Cc1c(F)cccc1Cl)c1nc2ccccn2c1[N+](=O)[O-]. The summed E-state index contributed by atoms with van der Waals surface area (Å²) < 4.78 is 15.3. The second-order valence-corrected chi connectivity index (χ2v) is 5.41. The molecule has 3 rings (SSSR count). The molecule has 0 saturated heterocycles. The largest absolute Gasteiger partial charge is 0.372 e. The molecule has 0 atom stereocenters. The summed E-state index contributed by atoms with van der Waals surface area (Å²) in [4.78, 5) is 16.7. The lowest BCUT2D eigenvalue weighted by Gasteiger charge is -2.17. The van der Waals surface area contributed by atoms with Crippen molar-refractivity contribution in [3.05, 3.63) is 69.1 Å². The Labute approximate surface area is 135 Å². The minimum atomic E-state index is -0.505. The number of pyridine rings is 1. The van der Waals surface area contributed by atoms with E-state index >= 15 is 0 Å². The highest BCUT2D eigenvalue weighted by molar-refractivity contribution is 6.31. The lowest BCUT2D eigenvalue weighted by Crippen LogP contribution is -2.19. The van der Waals surface area contributed by atoms with Crippen LogP contribution in [0, 0.1) is 15.9 Å². The predicted molar refractivity (Wildman–Crippen MR) is 85.4 cm³/mol. The zero-order valence-corrected chi connectivity index (χ0v) is 12.9. The van der Waals surface area contributed by atoms with E-state index in [4.69, 9.17) is 11.6 Å². The van der Waals surface area contributed by atoms with Crippen LogP contribution in [0.4, 0.5) is 16.0 Å². The summed E-state index contributed by atoms with van der Waals surface area (Å²) in [6.45, 7) is 0.0657. The van der Waals surface area contributed by atoms with Crippen molar-refractivity contribution in [2.24, 2.45) is 0 Å². The van der Waals surface area contributed by atoms with Crippen LogP contribution in [0.3, 0.4) is 0 Å². The van der Waals surface area contributed by atoms with Crippen molar-refractivity contribution in [1.82, 2.24) is 9.38 Å². The molecule has 118 valence electrons. The fourth-order valence-electron chi connectivity index (χ4n) is 2.39. The lowest BCUT2D eigenvalue weighted by atomic mass is 10.2. The summed E-state index contributed by atoms with van der Waals surface area (Å²) in [5.41, 5.74) is 0.712. The van der Waals surface area contributed by atoms with Gasteiger partial charge in [-0.25, -0.2) is 4.39 Å². The van der Waals surface area contributed by atoms with Gasteiger partial charge in [0.25, 0.3) is 0 Å². The Morgan fingerprint density at radius 1 is 1.35 bits per heavy atom. The maximum atomic E-state index is 13.9. The van der Waals surface area contributed by atoms with Gasteiger partial charge in [0.2, 0.25) is 11.5 Å². The van der Waals surface area contributed by atoms with Crippen LogP contribution < -0.4 is 4.90 Å². The van der Waals surface area contributed by atoms with Gasteiger partial charge in [0.15, 0.2) is 0 Å². The Morgan fingerprint density at radius 2 is 2.13 bits per heavy atom. The van der Waals surface area contributed by atoms with E-state index < -0.39 is 10.7 Å². The first kappa shape index (κ1) is 15.2. The van der Waals surface area contributed by atoms with Crippen molar-refractivity contribution < 1.29 is 9.31 Å². The van der Waals surface area contributed by atoms with Gasteiger partial charge in [0.05, 0.1) is 6.20 Å². The van der Waals surface area contributed by atoms with Crippen LogP contribution in [0.2, 0.25) is 5.02 Å². The molecule has 0 fully saturated rings. The molecule has 0 unspecified atom stereocenters. The molecule has 8 heteroatoms. The summed E-state index contributed by atoms with van der Waals surface area (Å²) in [5, 5.41) is 11.7. The Balaban J connectivity index is 2.06. The molecule has 0 aliphatic carbocycles. The van der Waals surface area contributed by atoms with E-state index in [0.717, 1.165) is 0 Å². The first-order valence-corrected chi connectivity index (χ1v) is 7.12. The molecule has 6 nitrogen and oxygen atoms in total. The van der Waals surface area contributed by atoms with Gasteiger partial charge in [-0.3, -0.25) is 0 Å². The third-order valence-corrected chi connectivity index (χ3v) is 3.83. The number of nitrogens with zero attached hydrogens (tertiary/aromatic N) is 4. The quantitative estimate of drug-likeness (QED) is 0.539. The number of rotatable bonds is 4. The van der Waals surface area contributed by atoms with Crippen molar-refractivity contribution in [3.8, 4) is 0 Å². The Hall–Kier alpha value is -2.67. The van der Waals surface area contributed by atoms with Crippen molar-refractivity contribution in [1.29, 1.82) is 0 Å². The van der Waals surface area contributed by atoms with Crippen molar-refractivity contribution in [2.75, 3.05) is 11.9 Å². The van der Waals surface area contributed by atoms with E-state index in [2.05, 4.69) is 4.98 Å². The zero-order chi connectivity index (χ0) is 16.6. The number of hydrogen-bond acceptors (Lipinski definition) is 4. The fraction of sp³-hybridized carbons (Fsp3) is 0.133. The highest BCUT2D eigenvalue weighted by Gasteiger charge is 2.26. The van der Waals surface area contributed by atoms with Gasteiger partial charge >= 0.3 is 5.82 Å². The molecule has 1 aromatic carbocycles. The minimum absolute atomic E-state index is 0.0657. The average molecular weight is 335 g/mol. The molecule has 0 spiro atoms. The molecule has 23 heavy (non-hydrogen) atoms. The number of anilines is 1. The molecule has 0 N–H and O–H groups in total. The summed E-state index contributed by atoms with van der Waals surface area (Å²) in [5.74, 6) is -0.480. The summed E-state index contributed by atoms with van der Waals surface area (Å²) in [6.07, 6.45) is 1.56. The molecule has 0 bridgehead atoms. The Bertz CT molecular complexity index is 876. The molecule has 0 aliphatic heterocycles. The zero-order valence-electron chi connectivity index (χ0n) is 12.1. The molecule has 2 heterocycles. The highest BCUT2D eigenvalue weighted by atomic mass is 35.5. The van der Waals surface area contributed by atoms with E-state index in [1.165, 1.54) is 21.4 Å². The fourth-order valence-corrected chi connectivity index (χ4v) is 2.61. The van der Waals surface area contributed by atoms with Crippen LogP contribution in [0.1, 0.15) is 5.56 Å². The van der Waals surface area contributed by atoms with Crippen LogP contribution in [0.5, 0.6) is 0 Å². The molecule has 2 aromatic heterocycles. The van der Waals surface area contributed by atoms with Gasteiger partial charge in [-0.15, -0.1) is 0 Å². The Morgan fingerprint density at radius 3 is 2.83 bits per heavy atom. The van der Waals surface area contributed by atoms with Crippen LogP contribution in [-0.4, -0.2) is 21.4 Å². The number of nitro groups is 1. The van der Waals surface area contributed by atoms with Crippen LogP contribution in [0.15, 0.2) is 42.6 Å². The van der Waals surface area contributed by atoms with Gasteiger partial charge in [-0.05, 0) is 23.1 Å². The van der Waals surface area contributed by atoms with E-state index in [9.17, 15) is 14.5 Å². The van der Waals surface area contributed by atoms with E-state index in [0.29, 0.717) is 5.65 Å². The minimum Gasteiger partial charge on any atom is -0.358 e. The molecular weight excluding hydrogens is 323 g/mol. The van der Waals surface area contributed by atoms with Gasteiger partial charge < -0.3 is 15.0 Å². The highest BCUT2D eigenvalue weighted by Crippen LogP contribution is 2.30. The number of benzene rings is 1. The number of imidazole rings is 1.